The number of carbonyl (C=O) groups is 1. The molecule has 7 nitrogen and oxygen atoms in total. The van der Waals surface area contributed by atoms with Crippen LogP contribution in [0.3, 0.4) is 0 Å². The first-order chi connectivity index (χ1) is 13.2. The first kappa shape index (κ1) is 17.2. The van der Waals surface area contributed by atoms with Gasteiger partial charge in [0.2, 0.25) is 0 Å². The number of nitrogens with zero attached hydrogens (tertiary/aromatic N) is 5. The molecule has 1 saturated heterocycles. The third-order valence-corrected chi connectivity index (χ3v) is 4.72. The first-order valence-corrected chi connectivity index (χ1v) is 9.05. The summed E-state index contributed by atoms with van der Waals surface area (Å²) >= 11 is 0. The number of hydrogen-bond donors (Lipinski definition) is 0. The molecule has 0 spiro atoms. The van der Waals surface area contributed by atoms with Crippen molar-refractivity contribution in [2.75, 3.05) is 13.1 Å². The lowest BCUT2D eigenvalue weighted by Crippen LogP contribution is -2.44. The van der Waals surface area contributed by atoms with Crippen molar-refractivity contribution >= 4 is 5.91 Å². The van der Waals surface area contributed by atoms with E-state index in [1.165, 1.54) is 0 Å². The van der Waals surface area contributed by atoms with Crippen LogP contribution in [0, 0.1) is 6.92 Å². The largest absolute Gasteiger partial charge is 0.458 e. The Balaban J connectivity index is 1.49. The number of aromatic nitrogens is 4. The Hall–Kier alpha value is -3.22. The Labute approximate surface area is 157 Å². The van der Waals surface area contributed by atoms with Crippen LogP contribution in [-0.4, -0.2) is 49.7 Å². The maximum absolute atomic E-state index is 13.0. The van der Waals surface area contributed by atoms with E-state index in [4.69, 9.17) is 4.74 Å². The van der Waals surface area contributed by atoms with Crippen molar-refractivity contribution in [3.8, 4) is 11.7 Å². The van der Waals surface area contributed by atoms with E-state index in [2.05, 4.69) is 15.1 Å². The molecule has 3 aromatic rings. The highest BCUT2D eigenvalue weighted by atomic mass is 16.5. The van der Waals surface area contributed by atoms with Crippen LogP contribution in [0.5, 0.6) is 6.01 Å². The zero-order chi connectivity index (χ0) is 18.6. The smallest absolute Gasteiger partial charge is 0.316 e. The highest BCUT2D eigenvalue weighted by Crippen LogP contribution is 2.20. The number of amides is 1. The Morgan fingerprint density at radius 1 is 1.15 bits per heavy atom. The summed E-state index contributed by atoms with van der Waals surface area (Å²) in [7, 11) is 0. The van der Waals surface area contributed by atoms with Gasteiger partial charge in [0, 0.05) is 18.9 Å². The lowest BCUT2D eigenvalue weighted by atomic mass is 10.1. The van der Waals surface area contributed by atoms with Gasteiger partial charge in [0.1, 0.15) is 6.10 Å². The second-order valence-electron chi connectivity index (χ2n) is 6.56. The molecule has 0 aliphatic carbocycles. The summed E-state index contributed by atoms with van der Waals surface area (Å²) in [6.45, 7) is 3.15. The highest BCUT2D eigenvalue weighted by Gasteiger charge is 2.28. The van der Waals surface area contributed by atoms with Gasteiger partial charge in [-0.3, -0.25) is 4.79 Å². The Morgan fingerprint density at radius 2 is 1.93 bits per heavy atom. The summed E-state index contributed by atoms with van der Waals surface area (Å²) in [6, 6.07) is 11.9. The maximum atomic E-state index is 13.0. The average Bonchev–Trinajstić information content (AvgIpc) is 3.10. The van der Waals surface area contributed by atoms with E-state index in [1.807, 2.05) is 42.2 Å². The fourth-order valence-corrected chi connectivity index (χ4v) is 3.33. The number of carbonyl (C=O) groups excluding carboxylic acids is 1. The lowest BCUT2D eigenvalue weighted by molar-refractivity contribution is 0.0515. The number of ether oxygens (including phenoxy) is 1. The number of likely N-dealkylation sites (tertiary alicyclic amines) is 1. The van der Waals surface area contributed by atoms with E-state index in [9.17, 15) is 4.79 Å². The van der Waals surface area contributed by atoms with Crippen LogP contribution >= 0.6 is 0 Å². The zero-order valence-corrected chi connectivity index (χ0v) is 15.2. The Bertz CT molecular complexity index is 911. The van der Waals surface area contributed by atoms with E-state index in [1.54, 1.807) is 29.3 Å². The molecule has 27 heavy (non-hydrogen) atoms. The number of hydrogen-bond acceptors (Lipinski definition) is 5. The van der Waals surface area contributed by atoms with Crippen molar-refractivity contribution in [1.82, 2.24) is 24.6 Å². The van der Waals surface area contributed by atoms with Crippen molar-refractivity contribution in [2.24, 2.45) is 0 Å². The summed E-state index contributed by atoms with van der Waals surface area (Å²) in [5.74, 6) is -0.0167. The van der Waals surface area contributed by atoms with Crippen molar-refractivity contribution in [3.63, 3.8) is 0 Å². The third kappa shape index (κ3) is 3.67. The van der Waals surface area contributed by atoms with Crippen molar-refractivity contribution in [3.05, 3.63) is 66.2 Å². The van der Waals surface area contributed by atoms with Crippen LogP contribution < -0.4 is 4.74 Å². The minimum absolute atomic E-state index is 0.0167. The van der Waals surface area contributed by atoms with Gasteiger partial charge in [-0.15, -0.1) is 0 Å². The molecule has 138 valence electrons. The van der Waals surface area contributed by atoms with E-state index in [0.717, 1.165) is 24.2 Å². The maximum Gasteiger partial charge on any atom is 0.316 e. The predicted octanol–water partition coefficient (Wildman–Crippen LogP) is 2.65. The molecule has 3 heterocycles. The minimum Gasteiger partial charge on any atom is -0.458 e. The van der Waals surface area contributed by atoms with Gasteiger partial charge < -0.3 is 9.64 Å². The molecule has 1 aliphatic heterocycles. The molecule has 0 radical (unpaired) electrons. The molecule has 1 atom stereocenters. The summed E-state index contributed by atoms with van der Waals surface area (Å²) in [5.41, 5.74) is 2.39. The third-order valence-electron chi connectivity index (χ3n) is 4.72. The molecule has 4 rings (SSSR count). The molecule has 1 fully saturated rings. The SMILES string of the molecule is Cc1c(C(=O)N2CCCC(Oc3ncccn3)C2)cnn1-c1ccccc1. The average molecular weight is 363 g/mol. The molecule has 1 unspecified atom stereocenters. The Kier molecular flexibility index (Phi) is 4.82. The summed E-state index contributed by atoms with van der Waals surface area (Å²) in [4.78, 5) is 23.1. The molecular formula is C20H21N5O2. The number of rotatable bonds is 4. The summed E-state index contributed by atoms with van der Waals surface area (Å²) in [5, 5.41) is 4.41. The predicted molar refractivity (Wildman–Crippen MR) is 99.9 cm³/mol. The van der Waals surface area contributed by atoms with Gasteiger partial charge in [0.15, 0.2) is 0 Å². The number of benzene rings is 1. The van der Waals surface area contributed by atoms with E-state index >= 15 is 0 Å². The quantitative estimate of drug-likeness (QED) is 0.712. The fourth-order valence-electron chi connectivity index (χ4n) is 3.33. The molecule has 1 aromatic carbocycles. The highest BCUT2D eigenvalue weighted by molar-refractivity contribution is 5.95. The van der Waals surface area contributed by atoms with Crippen LogP contribution in [-0.2, 0) is 0 Å². The molecule has 7 heteroatoms. The fraction of sp³-hybridized carbons (Fsp3) is 0.300. The molecular weight excluding hydrogens is 342 g/mol. The Morgan fingerprint density at radius 3 is 2.70 bits per heavy atom. The molecule has 0 saturated carbocycles. The monoisotopic (exact) mass is 363 g/mol. The van der Waals surface area contributed by atoms with Gasteiger partial charge in [-0.1, -0.05) is 18.2 Å². The second-order valence-corrected chi connectivity index (χ2v) is 6.56. The second kappa shape index (κ2) is 7.57. The zero-order valence-electron chi connectivity index (χ0n) is 15.2. The first-order valence-electron chi connectivity index (χ1n) is 9.05. The van der Waals surface area contributed by atoms with Crippen molar-refractivity contribution < 1.29 is 9.53 Å². The number of para-hydroxylation sites is 1. The normalized spacial score (nSPS) is 16.9. The lowest BCUT2D eigenvalue weighted by Gasteiger charge is -2.32. The van der Waals surface area contributed by atoms with Crippen LogP contribution in [0.4, 0.5) is 0 Å². The van der Waals surface area contributed by atoms with Gasteiger partial charge in [0.05, 0.1) is 29.7 Å². The van der Waals surface area contributed by atoms with Crippen LogP contribution in [0.2, 0.25) is 0 Å². The summed E-state index contributed by atoms with van der Waals surface area (Å²) in [6.07, 6.45) is 6.61. The van der Waals surface area contributed by atoms with Crippen LogP contribution in [0.1, 0.15) is 28.9 Å². The minimum atomic E-state index is -0.102. The summed E-state index contributed by atoms with van der Waals surface area (Å²) < 4.78 is 7.63. The molecule has 2 aromatic heterocycles. The molecule has 1 aliphatic rings. The molecule has 1 amide bonds. The topological polar surface area (TPSA) is 73.1 Å². The van der Waals surface area contributed by atoms with Crippen LogP contribution in [0.15, 0.2) is 55.0 Å². The van der Waals surface area contributed by atoms with Gasteiger partial charge in [0.25, 0.3) is 5.91 Å². The molecule has 0 bridgehead atoms. The van der Waals surface area contributed by atoms with Crippen LogP contribution in [0.25, 0.3) is 5.69 Å². The van der Waals surface area contributed by atoms with Crippen molar-refractivity contribution in [2.45, 2.75) is 25.9 Å². The number of piperidine rings is 1. The van der Waals surface area contributed by atoms with Crippen molar-refractivity contribution in [1.29, 1.82) is 0 Å². The molecule has 0 N–H and O–H groups in total. The standard InChI is InChI=1S/C20H21N5O2/c1-15-18(13-23-25(15)16-7-3-2-4-8-16)19(26)24-12-5-9-17(14-24)27-20-21-10-6-11-22-20/h2-4,6-8,10-11,13,17H,5,9,12,14H2,1H3. The van der Waals surface area contributed by atoms with E-state index in [-0.39, 0.29) is 12.0 Å². The van der Waals surface area contributed by atoms with E-state index < -0.39 is 0 Å². The van der Waals surface area contributed by atoms with Gasteiger partial charge in [-0.25, -0.2) is 14.6 Å². The van der Waals surface area contributed by atoms with Gasteiger partial charge in [-0.05, 0) is 38.0 Å². The van der Waals surface area contributed by atoms with Gasteiger partial charge >= 0.3 is 6.01 Å². The van der Waals surface area contributed by atoms with E-state index in [0.29, 0.717) is 24.7 Å². The van der Waals surface area contributed by atoms with Gasteiger partial charge in [-0.2, -0.15) is 5.10 Å².